The molecule has 4 rings (SSSR count). The summed E-state index contributed by atoms with van der Waals surface area (Å²) in [6, 6.07) is 7.98. The zero-order chi connectivity index (χ0) is 20.4. The van der Waals surface area contributed by atoms with Gasteiger partial charge in [-0.05, 0) is 25.8 Å². The van der Waals surface area contributed by atoms with E-state index in [0.29, 0.717) is 27.9 Å². The predicted octanol–water partition coefficient (Wildman–Crippen LogP) is 4.56. The quantitative estimate of drug-likeness (QED) is 0.394. The number of carbonyl (C=O) groups is 1. The summed E-state index contributed by atoms with van der Waals surface area (Å²) in [5.41, 5.74) is 2.20. The molecule has 3 aromatic rings. The Morgan fingerprint density at radius 3 is 2.69 bits per heavy atom. The molecule has 1 fully saturated rings. The van der Waals surface area contributed by atoms with Crippen molar-refractivity contribution < 1.29 is 14.2 Å². The molecule has 0 bridgehead atoms. The second-order valence-electron chi connectivity index (χ2n) is 7.47. The molecule has 0 atom stereocenters. The standard InChI is InChI=1S/C21H22N4O4/c1-13-19-17(20(26)22-15-8-4-2-3-5-9-15)12-18(23-21(19)29-24-13)14-7-6-10-16(11-14)25(27)28/h6-7,10-12,15H,2-5,8-9H2,1H3,(H,22,26). The van der Waals surface area contributed by atoms with E-state index in [1.807, 2.05) is 0 Å². The van der Waals surface area contributed by atoms with E-state index in [1.165, 1.54) is 25.0 Å². The molecule has 29 heavy (non-hydrogen) atoms. The number of nitro benzene ring substituents is 1. The van der Waals surface area contributed by atoms with Gasteiger partial charge in [0.2, 0.25) is 0 Å². The van der Waals surface area contributed by atoms with Crippen molar-refractivity contribution in [2.75, 3.05) is 0 Å². The number of hydrogen-bond donors (Lipinski definition) is 1. The van der Waals surface area contributed by atoms with Crippen molar-refractivity contribution in [1.82, 2.24) is 15.5 Å². The molecule has 2 aromatic heterocycles. The Balaban J connectivity index is 1.74. The van der Waals surface area contributed by atoms with Gasteiger partial charge in [-0.15, -0.1) is 0 Å². The molecule has 150 valence electrons. The first-order chi connectivity index (χ1) is 14.0. The number of amides is 1. The number of fused-ring (bicyclic) bond motifs is 1. The average Bonchev–Trinajstić information content (AvgIpc) is 2.92. The van der Waals surface area contributed by atoms with Gasteiger partial charge in [0.15, 0.2) is 0 Å². The number of nitrogens with zero attached hydrogens (tertiary/aromatic N) is 3. The van der Waals surface area contributed by atoms with Gasteiger partial charge in [-0.3, -0.25) is 14.9 Å². The Labute approximate surface area is 167 Å². The van der Waals surface area contributed by atoms with Crippen LogP contribution in [-0.4, -0.2) is 27.0 Å². The van der Waals surface area contributed by atoms with Crippen molar-refractivity contribution in [1.29, 1.82) is 0 Å². The largest absolute Gasteiger partial charge is 0.349 e. The van der Waals surface area contributed by atoms with Crippen LogP contribution in [0, 0.1) is 17.0 Å². The number of aryl methyl sites for hydroxylation is 1. The number of pyridine rings is 1. The fraction of sp³-hybridized carbons (Fsp3) is 0.381. The Kier molecular flexibility index (Phi) is 5.24. The topological polar surface area (TPSA) is 111 Å². The third-order valence-corrected chi connectivity index (χ3v) is 5.40. The normalized spacial score (nSPS) is 15.2. The number of benzene rings is 1. The Morgan fingerprint density at radius 2 is 1.97 bits per heavy atom. The van der Waals surface area contributed by atoms with Crippen LogP contribution in [0.3, 0.4) is 0 Å². The van der Waals surface area contributed by atoms with E-state index in [9.17, 15) is 14.9 Å². The smallest absolute Gasteiger partial charge is 0.270 e. The molecule has 1 aliphatic rings. The zero-order valence-corrected chi connectivity index (χ0v) is 16.2. The third kappa shape index (κ3) is 3.96. The van der Waals surface area contributed by atoms with Crippen molar-refractivity contribution in [3.63, 3.8) is 0 Å². The van der Waals surface area contributed by atoms with Crippen LogP contribution in [0.15, 0.2) is 34.9 Å². The molecule has 1 aliphatic carbocycles. The number of nitro groups is 1. The Bertz CT molecular complexity index is 1070. The van der Waals surface area contributed by atoms with E-state index in [0.717, 1.165) is 25.7 Å². The van der Waals surface area contributed by atoms with Gasteiger partial charge in [0, 0.05) is 23.7 Å². The summed E-state index contributed by atoms with van der Waals surface area (Å²) in [6.45, 7) is 1.77. The maximum Gasteiger partial charge on any atom is 0.270 e. The number of hydrogen-bond acceptors (Lipinski definition) is 6. The molecule has 1 N–H and O–H groups in total. The molecule has 0 spiro atoms. The van der Waals surface area contributed by atoms with E-state index in [4.69, 9.17) is 4.52 Å². The van der Waals surface area contributed by atoms with Crippen LogP contribution >= 0.6 is 0 Å². The second kappa shape index (κ2) is 7.98. The number of nitrogens with one attached hydrogen (secondary N) is 1. The molecule has 2 heterocycles. The minimum atomic E-state index is -0.458. The third-order valence-electron chi connectivity index (χ3n) is 5.40. The lowest BCUT2D eigenvalue weighted by Gasteiger charge is -2.17. The summed E-state index contributed by atoms with van der Waals surface area (Å²) in [5.74, 6) is -0.192. The molecule has 0 aliphatic heterocycles. The van der Waals surface area contributed by atoms with Crippen LogP contribution in [0.2, 0.25) is 0 Å². The van der Waals surface area contributed by atoms with Crippen LogP contribution in [0.1, 0.15) is 54.6 Å². The van der Waals surface area contributed by atoms with Crippen LogP contribution in [-0.2, 0) is 0 Å². The minimum absolute atomic E-state index is 0.0393. The van der Waals surface area contributed by atoms with Gasteiger partial charge in [0.05, 0.1) is 27.3 Å². The number of non-ortho nitro benzene ring substituents is 1. The van der Waals surface area contributed by atoms with Crippen molar-refractivity contribution in [3.8, 4) is 11.3 Å². The number of carbonyl (C=O) groups excluding carboxylic acids is 1. The van der Waals surface area contributed by atoms with Crippen molar-refractivity contribution >= 4 is 22.7 Å². The molecule has 0 saturated heterocycles. The summed E-state index contributed by atoms with van der Waals surface area (Å²) >= 11 is 0. The van der Waals surface area contributed by atoms with Gasteiger partial charge in [-0.25, -0.2) is 4.98 Å². The number of rotatable bonds is 4. The number of aromatic nitrogens is 2. The van der Waals surface area contributed by atoms with E-state index >= 15 is 0 Å². The molecule has 0 radical (unpaired) electrons. The van der Waals surface area contributed by atoms with Crippen molar-refractivity contribution in [2.45, 2.75) is 51.5 Å². The first-order valence-electron chi connectivity index (χ1n) is 9.85. The highest BCUT2D eigenvalue weighted by atomic mass is 16.6. The molecule has 8 heteroatoms. The van der Waals surface area contributed by atoms with Gasteiger partial charge >= 0.3 is 0 Å². The summed E-state index contributed by atoms with van der Waals surface area (Å²) in [4.78, 5) is 28.2. The average molecular weight is 394 g/mol. The lowest BCUT2D eigenvalue weighted by atomic mass is 10.0. The van der Waals surface area contributed by atoms with Crippen LogP contribution in [0.25, 0.3) is 22.4 Å². The summed E-state index contributed by atoms with van der Waals surface area (Å²) < 4.78 is 5.31. The van der Waals surface area contributed by atoms with E-state index in [2.05, 4.69) is 15.5 Å². The maximum atomic E-state index is 13.1. The van der Waals surface area contributed by atoms with Gasteiger partial charge in [0.25, 0.3) is 17.3 Å². The summed E-state index contributed by atoms with van der Waals surface area (Å²) in [7, 11) is 0. The predicted molar refractivity (Wildman–Crippen MR) is 108 cm³/mol. The SMILES string of the molecule is Cc1noc2nc(-c3cccc([N+](=O)[O-])c3)cc(C(=O)NC3CCCCCC3)c12. The lowest BCUT2D eigenvalue weighted by Crippen LogP contribution is -2.34. The lowest BCUT2D eigenvalue weighted by molar-refractivity contribution is -0.384. The van der Waals surface area contributed by atoms with E-state index < -0.39 is 4.92 Å². The molecular weight excluding hydrogens is 372 g/mol. The minimum Gasteiger partial charge on any atom is -0.349 e. The molecule has 8 nitrogen and oxygen atoms in total. The van der Waals surface area contributed by atoms with Gasteiger partial charge < -0.3 is 9.84 Å². The first kappa shape index (κ1) is 19.0. The van der Waals surface area contributed by atoms with Crippen LogP contribution < -0.4 is 5.32 Å². The van der Waals surface area contributed by atoms with Crippen LogP contribution in [0.5, 0.6) is 0 Å². The maximum absolute atomic E-state index is 13.1. The van der Waals surface area contributed by atoms with E-state index in [-0.39, 0.29) is 23.3 Å². The summed E-state index contributed by atoms with van der Waals surface area (Å²) in [6.07, 6.45) is 6.58. The van der Waals surface area contributed by atoms with Gasteiger partial charge in [-0.2, -0.15) is 0 Å². The Hall–Kier alpha value is -3.29. The fourth-order valence-electron chi connectivity index (χ4n) is 3.89. The van der Waals surface area contributed by atoms with Gasteiger partial charge in [0.1, 0.15) is 0 Å². The highest BCUT2D eigenvalue weighted by molar-refractivity contribution is 6.07. The molecule has 1 aromatic carbocycles. The van der Waals surface area contributed by atoms with E-state index in [1.54, 1.807) is 25.1 Å². The fourth-order valence-corrected chi connectivity index (χ4v) is 3.89. The van der Waals surface area contributed by atoms with Crippen molar-refractivity contribution in [2.24, 2.45) is 0 Å². The molecule has 1 saturated carbocycles. The monoisotopic (exact) mass is 394 g/mol. The molecular formula is C21H22N4O4. The van der Waals surface area contributed by atoms with Crippen molar-refractivity contribution in [3.05, 3.63) is 51.7 Å². The van der Waals surface area contributed by atoms with Crippen LogP contribution in [0.4, 0.5) is 5.69 Å². The summed E-state index contributed by atoms with van der Waals surface area (Å²) in [5, 5.41) is 18.8. The molecule has 0 unspecified atom stereocenters. The first-order valence-corrected chi connectivity index (χ1v) is 9.85. The second-order valence-corrected chi connectivity index (χ2v) is 7.47. The highest BCUT2D eigenvalue weighted by Gasteiger charge is 2.22. The Morgan fingerprint density at radius 1 is 1.21 bits per heavy atom. The molecule has 1 amide bonds. The van der Waals surface area contributed by atoms with Gasteiger partial charge in [-0.1, -0.05) is 43.0 Å². The highest BCUT2D eigenvalue weighted by Crippen LogP contribution is 2.29. The zero-order valence-electron chi connectivity index (χ0n) is 16.2.